The van der Waals surface area contributed by atoms with Crippen molar-refractivity contribution in [2.45, 2.75) is 51.4 Å². The van der Waals surface area contributed by atoms with Crippen LogP contribution in [0.15, 0.2) is 0 Å². The van der Waals surface area contributed by atoms with Crippen molar-refractivity contribution in [3.63, 3.8) is 0 Å². The Bertz CT molecular complexity index is 560. The van der Waals surface area contributed by atoms with Gasteiger partial charge >= 0.3 is 0 Å². The average Bonchev–Trinajstić information content (AvgIpc) is 2.60. The zero-order chi connectivity index (χ0) is 16.7. The van der Waals surface area contributed by atoms with E-state index < -0.39 is 0 Å². The Kier molecular flexibility index (Phi) is 3.32. The molecule has 8 rings (SSSR count). The summed E-state index contributed by atoms with van der Waals surface area (Å²) < 4.78 is 6.28. The van der Waals surface area contributed by atoms with Gasteiger partial charge < -0.3 is 4.74 Å². The van der Waals surface area contributed by atoms with Crippen molar-refractivity contribution in [2.75, 3.05) is 13.2 Å². The average molecular weight is 342 g/mol. The fourth-order valence-electron chi connectivity index (χ4n) is 8.35. The lowest BCUT2D eigenvalue weighted by Gasteiger charge is -2.54. The molecule has 0 aliphatic heterocycles. The molecule has 8 aliphatic carbocycles. The Hall–Kier alpha value is -0.700. The standard InChI is InChI=1S/C22H30O3/c23-21-15-3-11-1-13(7-15)19(17(21)5-11)9-25-10-20-14-2-12-4-16(8-14)22(24)18(20)6-12/h11-20H,1-10H2. The summed E-state index contributed by atoms with van der Waals surface area (Å²) in [5.41, 5.74) is 0. The second-order valence-electron chi connectivity index (χ2n) is 10.4. The Morgan fingerprint density at radius 3 is 1.60 bits per heavy atom. The van der Waals surface area contributed by atoms with E-state index in [-0.39, 0.29) is 0 Å². The van der Waals surface area contributed by atoms with E-state index in [9.17, 15) is 9.59 Å². The fraction of sp³-hybridized carbons (Fsp3) is 0.909. The van der Waals surface area contributed by atoms with Crippen LogP contribution in [-0.4, -0.2) is 24.8 Å². The van der Waals surface area contributed by atoms with Crippen molar-refractivity contribution in [2.24, 2.45) is 59.2 Å². The Labute approximate surface area is 150 Å². The maximum Gasteiger partial charge on any atom is 0.139 e. The Morgan fingerprint density at radius 1 is 0.640 bits per heavy atom. The molecule has 10 unspecified atom stereocenters. The van der Waals surface area contributed by atoms with Crippen LogP contribution in [0.3, 0.4) is 0 Å². The van der Waals surface area contributed by atoms with Gasteiger partial charge in [-0.15, -0.1) is 0 Å². The predicted molar refractivity (Wildman–Crippen MR) is 92.7 cm³/mol. The molecule has 8 aliphatic rings. The van der Waals surface area contributed by atoms with E-state index in [0.717, 1.165) is 62.6 Å². The Balaban J connectivity index is 1.11. The molecule has 25 heavy (non-hydrogen) atoms. The summed E-state index contributed by atoms with van der Waals surface area (Å²) in [6.45, 7) is 1.55. The van der Waals surface area contributed by atoms with E-state index in [1.807, 2.05) is 0 Å². The van der Waals surface area contributed by atoms with Crippen molar-refractivity contribution in [3.05, 3.63) is 0 Å². The zero-order valence-electron chi connectivity index (χ0n) is 15.1. The molecule has 3 heteroatoms. The summed E-state index contributed by atoms with van der Waals surface area (Å²) in [5.74, 6) is 6.58. The minimum atomic E-state index is 0.302. The monoisotopic (exact) mass is 342 g/mol. The smallest absolute Gasteiger partial charge is 0.139 e. The molecule has 3 nitrogen and oxygen atoms in total. The number of ketones is 2. The lowest BCUT2D eigenvalue weighted by molar-refractivity contribution is -0.156. The lowest BCUT2D eigenvalue weighted by atomic mass is 9.51. The molecule has 0 N–H and O–H groups in total. The van der Waals surface area contributed by atoms with Crippen LogP contribution in [0.5, 0.6) is 0 Å². The van der Waals surface area contributed by atoms with E-state index in [1.165, 1.54) is 25.7 Å². The largest absolute Gasteiger partial charge is 0.381 e. The van der Waals surface area contributed by atoms with Gasteiger partial charge in [0.15, 0.2) is 0 Å². The molecule has 8 fully saturated rings. The van der Waals surface area contributed by atoms with Gasteiger partial charge in [-0.25, -0.2) is 0 Å². The molecule has 136 valence electrons. The zero-order valence-corrected chi connectivity index (χ0v) is 15.1. The van der Waals surface area contributed by atoms with Crippen LogP contribution >= 0.6 is 0 Å². The number of hydrogen-bond acceptors (Lipinski definition) is 3. The van der Waals surface area contributed by atoms with E-state index in [1.54, 1.807) is 0 Å². The highest BCUT2D eigenvalue weighted by Crippen LogP contribution is 2.56. The summed E-state index contributed by atoms with van der Waals surface area (Å²) in [4.78, 5) is 25.2. The van der Waals surface area contributed by atoms with Gasteiger partial charge in [-0.3, -0.25) is 9.59 Å². The Morgan fingerprint density at radius 2 is 1.12 bits per heavy atom. The first kappa shape index (κ1) is 15.4. The fourth-order valence-corrected chi connectivity index (χ4v) is 8.35. The first-order chi connectivity index (χ1) is 12.2. The SMILES string of the molecule is O=C1C2CC3CC(C2)C(COCC2C4CC5CC(C4)C(=O)C2C5)C1C3. The van der Waals surface area contributed by atoms with Gasteiger partial charge in [0.05, 0.1) is 13.2 Å². The highest BCUT2D eigenvalue weighted by molar-refractivity contribution is 5.86. The molecular weight excluding hydrogens is 312 g/mol. The minimum absolute atomic E-state index is 0.302. The molecule has 0 aromatic rings. The van der Waals surface area contributed by atoms with Crippen LogP contribution in [0, 0.1) is 59.2 Å². The van der Waals surface area contributed by atoms with Gasteiger partial charge in [-0.1, -0.05) is 0 Å². The van der Waals surface area contributed by atoms with E-state index in [4.69, 9.17) is 4.74 Å². The van der Waals surface area contributed by atoms with Crippen LogP contribution < -0.4 is 0 Å². The maximum absolute atomic E-state index is 12.6. The van der Waals surface area contributed by atoms with E-state index in [0.29, 0.717) is 47.1 Å². The topological polar surface area (TPSA) is 43.4 Å². The summed E-state index contributed by atoms with van der Waals surface area (Å²) in [6.07, 6.45) is 9.57. The van der Waals surface area contributed by atoms with Gasteiger partial charge in [0.2, 0.25) is 0 Å². The normalized spacial score (nSPS) is 55.4. The molecule has 0 spiro atoms. The van der Waals surface area contributed by atoms with Crippen LogP contribution in [0.2, 0.25) is 0 Å². The van der Waals surface area contributed by atoms with Gasteiger partial charge in [-0.2, -0.15) is 0 Å². The molecule has 8 saturated carbocycles. The highest BCUT2D eigenvalue weighted by Gasteiger charge is 2.54. The van der Waals surface area contributed by atoms with Gasteiger partial charge in [0.25, 0.3) is 0 Å². The minimum Gasteiger partial charge on any atom is -0.381 e. The van der Waals surface area contributed by atoms with Crippen molar-refractivity contribution < 1.29 is 14.3 Å². The molecule has 0 aromatic carbocycles. The number of ether oxygens (including phenoxy) is 1. The summed E-state index contributed by atoms with van der Waals surface area (Å²) in [7, 11) is 0. The van der Waals surface area contributed by atoms with Crippen molar-refractivity contribution in [3.8, 4) is 0 Å². The summed E-state index contributed by atoms with van der Waals surface area (Å²) in [5, 5.41) is 0. The van der Waals surface area contributed by atoms with E-state index in [2.05, 4.69) is 0 Å². The summed E-state index contributed by atoms with van der Waals surface area (Å²) >= 11 is 0. The van der Waals surface area contributed by atoms with E-state index >= 15 is 0 Å². The summed E-state index contributed by atoms with van der Waals surface area (Å²) in [6, 6.07) is 0. The molecule has 8 bridgehead atoms. The third kappa shape index (κ3) is 2.20. The molecule has 0 saturated heterocycles. The van der Waals surface area contributed by atoms with Crippen molar-refractivity contribution >= 4 is 11.6 Å². The van der Waals surface area contributed by atoms with Crippen molar-refractivity contribution in [1.82, 2.24) is 0 Å². The molecule has 0 aromatic heterocycles. The van der Waals surface area contributed by atoms with Crippen molar-refractivity contribution in [1.29, 1.82) is 0 Å². The lowest BCUT2D eigenvalue weighted by Crippen LogP contribution is -2.53. The molecule has 0 amide bonds. The number of Topliss-reactive ketones (excluding diaryl/α,β-unsaturated/α-hetero) is 2. The van der Waals surface area contributed by atoms with Gasteiger partial charge in [0, 0.05) is 23.7 Å². The maximum atomic E-state index is 12.6. The second kappa shape index (κ2) is 5.41. The molecule has 10 atom stereocenters. The van der Waals surface area contributed by atoms with Crippen LogP contribution in [0.25, 0.3) is 0 Å². The first-order valence-corrected chi connectivity index (χ1v) is 10.8. The molecule has 0 heterocycles. The molecule has 0 radical (unpaired) electrons. The van der Waals surface area contributed by atoms with Crippen LogP contribution in [-0.2, 0) is 14.3 Å². The number of rotatable bonds is 4. The molecular formula is C22H30O3. The third-order valence-corrected chi connectivity index (χ3v) is 9.26. The third-order valence-electron chi connectivity index (χ3n) is 9.26. The number of carbonyl (C=O) groups is 2. The second-order valence-corrected chi connectivity index (χ2v) is 10.4. The quantitative estimate of drug-likeness (QED) is 0.785. The first-order valence-electron chi connectivity index (χ1n) is 10.8. The predicted octanol–water partition coefficient (Wildman–Crippen LogP) is 3.51. The van der Waals surface area contributed by atoms with Crippen LogP contribution in [0.4, 0.5) is 0 Å². The number of carbonyl (C=O) groups excluding carboxylic acids is 2. The van der Waals surface area contributed by atoms with Gasteiger partial charge in [0.1, 0.15) is 11.6 Å². The number of hydrogen-bond donors (Lipinski definition) is 0. The van der Waals surface area contributed by atoms with Gasteiger partial charge in [-0.05, 0) is 86.9 Å². The van der Waals surface area contributed by atoms with Crippen LogP contribution in [0.1, 0.15) is 51.4 Å². The highest BCUT2D eigenvalue weighted by atomic mass is 16.5.